The highest BCUT2D eigenvalue weighted by molar-refractivity contribution is 5.91. The Hall–Kier alpha value is -3.39. The van der Waals surface area contributed by atoms with Crippen molar-refractivity contribution in [2.45, 2.75) is 51.1 Å². The Balaban J connectivity index is 1.43. The molecule has 0 spiro atoms. The summed E-state index contributed by atoms with van der Waals surface area (Å²) in [5.74, 6) is -1.71. The van der Waals surface area contributed by atoms with Gasteiger partial charge in [0.1, 0.15) is 6.61 Å². The molecular weight excluding hydrogens is 448 g/mol. The lowest BCUT2D eigenvalue weighted by Gasteiger charge is -2.42. The highest BCUT2D eigenvalue weighted by Gasteiger charge is 2.50. The summed E-state index contributed by atoms with van der Waals surface area (Å²) in [5, 5.41) is 15.1. The molecule has 2 aromatic carbocycles. The van der Waals surface area contributed by atoms with Gasteiger partial charge in [-0.2, -0.15) is 0 Å². The summed E-state index contributed by atoms with van der Waals surface area (Å²) >= 11 is 0. The van der Waals surface area contributed by atoms with Crippen LogP contribution in [0.5, 0.6) is 0 Å². The van der Waals surface area contributed by atoms with Gasteiger partial charge in [-0.15, -0.1) is 0 Å². The lowest BCUT2D eigenvalue weighted by atomic mass is 9.73. The van der Waals surface area contributed by atoms with Gasteiger partial charge in [-0.25, -0.2) is 9.59 Å². The molecule has 4 rings (SSSR count). The van der Waals surface area contributed by atoms with Crippen LogP contribution in [-0.4, -0.2) is 54.0 Å². The molecule has 1 saturated heterocycles. The summed E-state index contributed by atoms with van der Waals surface area (Å²) in [6.07, 6.45) is -0.459. The van der Waals surface area contributed by atoms with Crippen molar-refractivity contribution in [2.75, 3.05) is 19.8 Å². The summed E-state index contributed by atoms with van der Waals surface area (Å²) in [6, 6.07) is 16.2. The van der Waals surface area contributed by atoms with Crippen molar-refractivity contribution in [1.82, 2.24) is 10.6 Å². The van der Waals surface area contributed by atoms with E-state index < -0.39 is 34.5 Å². The van der Waals surface area contributed by atoms with Gasteiger partial charge in [0.15, 0.2) is 5.54 Å². The van der Waals surface area contributed by atoms with E-state index in [4.69, 9.17) is 9.47 Å². The maximum atomic E-state index is 13.2. The van der Waals surface area contributed by atoms with Crippen molar-refractivity contribution in [2.24, 2.45) is 5.41 Å². The number of amides is 2. The van der Waals surface area contributed by atoms with Crippen LogP contribution in [0.1, 0.15) is 51.2 Å². The number of benzene rings is 2. The number of rotatable bonds is 7. The number of hydrogen-bond acceptors (Lipinski definition) is 5. The monoisotopic (exact) mass is 480 g/mol. The van der Waals surface area contributed by atoms with Crippen LogP contribution in [0, 0.1) is 5.41 Å². The molecule has 186 valence electrons. The minimum Gasteiger partial charge on any atom is -0.479 e. The molecule has 1 unspecified atom stereocenters. The molecule has 2 aromatic rings. The van der Waals surface area contributed by atoms with Gasteiger partial charge < -0.3 is 25.2 Å². The van der Waals surface area contributed by atoms with E-state index in [-0.39, 0.29) is 32.2 Å². The van der Waals surface area contributed by atoms with Crippen LogP contribution in [0.25, 0.3) is 11.1 Å². The number of carbonyl (C=O) groups is 3. The van der Waals surface area contributed by atoms with E-state index in [0.717, 1.165) is 22.3 Å². The van der Waals surface area contributed by atoms with Crippen molar-refractivity contribution in [3.05, 3.63) is 59.7 Å². The Morgan fingerprint density at radius 1 is 1.03 bits per heavy atom. The molecule has 3 N–H and O–H groups in total. The predicted molar refractivity (Wildman–Crippen MR) is 130 cm³/mol. The molecule has 0 aromatic heterocycles. The number of carboxylic acids is 1. The van der Waals surface area contributed by atoms with Crippen LogP contribution in [0.3, 0.4) is 0 Å². The Morgan fingerprint density at radius 3 is 2.11 bits per heavy atom. The highest BCUT2D eigenvalue weighted by Crippen LogP contribution is 2.44. The molecule has 8 heteroatoms. The van der Waals surface area contributed by atoms with Gasteiger partial charge in [0, 0.05) is 18.9 Å². The van der Waals surface area contributed by atoms with Gasteiger partial charge >= 0.3 is 12.1 Å². The van der Waals surface area contributed by atoms with Gasteiger partial charge in [-0.3, -0.25) is 4.79 Å². The summed E-state index contributed by atoms with van der Waals surface area (Å²) in [5.41, 5.74) is 0.838. The summed E-state index contributed by atoms with van der Waals surface area (Å²) in [4.78, 5) is 37.8. The first-order valence-electron chi connectivity index (χ1n) is 11.8. The number of aliphatic carboxylic acids is 1. The van der Waals surface area contributed by atoms with E-state index in [9.17, 15) is 19.5 Å². The number of nitrogens with one attached hydrogen (secondary N) is 2. The Bertz CT molecular complexity index is 1100. The summed E-state index contributed by atoms with van der Waals surface area (Å²) in [6.45, 7) is 7.08. The lowest BCUT2D eigenvalue weighted by molar-refractivity contribution is -0.150. The smallest absolute Gasteiger partial charge is 0.407 e. The molecule has 1 aliphatic heterocycles. The standard InChI is InChI=1S/C27H32N2O6/c1-25(2,22(30)28-27(23(31)32)13-14-34-16-27)26(3,4)29-24(33)35-15-21-19-11-7-5-9-17(19)18-10-6-8-12-20(18)21/h5-12,21H,13-16H2,1-4H3,(H,28,30)(H,29,33)(H,31,32). The van der Waals surface area contributed by atoms with E-state index in [0.29, 0.717) is 0 Å². The van der Waals surface area contributed by atoms with E-state index in [1.54, 1.807) is 27.7 Å². The second-order valence-corrected chi connectivity index (χ2v) is 10.3. The average Bonchev–Trinajstić information content (AvgIpc) is 3.41. The van der Waals surface area contributed by atoms with E-state index in [1.807, 2.05) is 36.4 Å². The van der Waals surface area contributed by atoms with Gasteiger partial charge in [-0.05, 0) is 49.9 Å². The number of fused-ring (bicyclic) bond motifs is 3. The molecule has 1 heterocycles. The fourth-order valence-electron chi connectivity index (χ4n) is 4.59. The largest absolute Gasteiger partial charge is 0.479 e. The molecule has 0 radical (unpaired) electrons. The fourth-order valence-corrected chi connectivity index (χ4v) is 4.59. The van der Waals surface area contributed by atoms with Gasteiger partial charge in [0.25, 0.3) is 0 Å². The second kappa shape index (κ2) is 9.00. The van der Waals surface area contributed by atoms with Gasteiger partial charge in [0.05, 0.1) is 17.6 Å². The van der Waals surface area contributed by atoms with Crippen molar-refractivity contribution in [1.29, 1.82) is 0 Å². The third-order valence-corrected chi connectivity index (χ3v) is 7.67. The molecule has 1 atom stereocenters. The van der Waals surface area contributed by atoms with E-state index >= 15 is 0 Å². The van der Waals surface area contributed by atoms with E-state index in [1.165, 1.54) is 0 Å². The van der Waals surface area contributed by atoms with Gasteiger partial charge in [0.2, 0.25) is 5.91 Å². The topological polar surface area (TPSA) is 114 Å². The molecule has 0 saturated carbocycles. The van der Waals surface area contributed by atoms with Crippen molar-refractivity contribution in [3.8, 4) is 11.1 Å². The normalized spacial score (nSPS) is 19.5. The van der Waals surface area contributed by atoms with Crippen LogP contribution < -0.4 is 10.6 Å². The number of carboxylic acid groups (broad SMARTS) is 1. The number of ether oxygens (including phenoxy) is 2. The van der Waals surface area contributed by atoms with Crippen molar-refractivity contribution in [3.63, 3.8) is 0 Å². The molecule has 8 nitrogen and oxygen atoms in total. The maximum absolute atomic E-state index is 13.2. The first-order valence-corrected chi connectivity index (χ1v) is 11.8. The van der Waals surface area contributed by atoms with Crippen molar-refractivity contribution < 1.29 is 29.0 Å². The minimum absolute atomic E-state index is 0.0784. The van der Waals surface area contributed by atoms with Crippen LogP contribution >= 0.6 is 0 Å². The molecular formula is C27H32N2O6. The lowest BCUT2D eigenvalue weighted by Crippen LogP contribution is -2.64. The SMILES string of the molecule is CC(C)(NC(=O)OCC1c2ccccc2-c2ccccc21)C(C)(C)C(=O)NC1(C(=O)O)CCOC1. The van der Waals surface area contributed by atoms with Crippen LogP contribution in [-0.2, 0) is 19.1 Å². The molecule has 1 aliphatic carbocycles. The Kier molecular flexibility index (Phi) is 6.36. The molecule has 0 bridgehead atoms. The second-order valence-electron chi connectivity index (χ2n) is 10.3. The number of hydrogen-bond donors (Lipinski definition) is 3. The third kappa shape index (κ3) is 4.38. The predicted octanol–water partition coefficient (Wildman–Crippen LogP) is 3.69. The molecule has 1 fully saturated rings. The quantitative estimate of drug-likeness (QED) is 0.557. The minimum atomic E-state index is -1.46. The first-order chi connectivity index (χ1) is 16.5. The summed E-state index contributed by atoms with van der Waals surface area (Å²) in [7, 11) is 0. The number of carbonyl (C=O) groups excluding carboxylic acids is 2. The van der Waals surface area contributed by atoms with Crippen molar-refractivity contribution >= 4 is 18.0 Å². The first kappa shape index (κ1) is 24.7. The fraction of sp³-hybridized carbons (Fsp3) is 0.444. The Morgan fingerprint density at radius 2 is 1.60 bits per heavy atom. The van der Waals surface area contributed by atoms with E-state index in [2.05, 4.69) is 22.8 Å². The average molecular weight is 481 g/mol. The third-order valence-electron chi connectivity index (χ3n) is 7.67. The number of alkyl carbamates (subject to hydrolysis) is 1. The van der Waals surface area contributed by atoms with Crippen LogP contribution in [0.15, 0.2) is 48.5 Å². The molecule has 2 amide bonds. The van der Waals surface area contributed by atoms with Crippen LogP contribution in [0.2, 0.25) is 0 Å². The highest BCUT2D eigenvalue weighted by atomic mass is 16.5. The zero-order valence-electron chi connectivity index (χ0n) is 20.5. The zero-order valence-corrected chi connectivity index (χ0v) is 20.5. The zero-order chi connectivity index (χ0) is 25.4. The Labute approximate surface area is 205 Å². The molecule has 35 heavy (non-hydrogen) atoms. The summed E-state index contributed by atoms with van der Waals surface area (Å²) < 4.78 is 10.9. The van der Waals surface area contributed by atoms with Gasteiger partial charge in [-0.1, -0.05) is 48.5 Å². The maximum Gasteiger partial charge on any atom is 0.407 e. The molecule has 2 aliphatic rings. The van der Waals surface area contributed by atoms with Crippen LogP contribution in [0.4, 0.5) is 4.79 Å².